The normalized spacial score (nSPS) is 9.57. The molecular formula is C8H4Cl2O3S. The number of hydrogen-bond acceptors (Lipinski definition) is 3. The van der Waals surface area contributed by atoms with Crippen LogP contribution in [-0.4, -0.2) is 19.4 Å². The first-order valence-corrected chi connectivity index (χ1v) is 4.91. The van der Waals surface area contributed by atoms with E-state index < -0.39 is 5.24 Å². The van der Waals surface area contributed by atoms with E-state index in [1.165, 1.54) is 18.2 Å². The van der Waals surface area contributed by atoms with Crippen LogP contribution in [0.4, 0.5) is 0 Å². The number of carbonyl (C=O) groups is 1. The van der Waals surface area contributed by atoms with E-state index >= 15 is 0 Å². The fraction of sp³-hybridized carbons (Fsp3) is 0. The standard InChI is InChI=1S/C8H4Cl2O3S/c9-4-1-2-5(6(11)3-4)7(14-13)8(10)12/h1-3,11H. The molecule has 0 aliphatic heterocycles. The molecule has 1 aromatic rings. The summed E-state index contributed by atoms with van der Waals surface area (Å²) in [7, 11) is 0. The molecule has 1 aromatic carbocycles. The van der Waals surface area contributed by atoms with E-state index in [4.69, 9.17) is 23.2 Å². The van der Waals surface area contributed by atoms with Crippen LogP contribution in [0.25, 0.3) is 0 Å². The number of phenols is 1. The largest absolute Gasteiger partial charge is 0.507 e. The highest BCUT2D eigenvalue weighted by Gasteiger charge is 2.14. The van der Waals surface area contributed by atoms with Crippen LogP contribution in [0.3, 0.4) is 0 Å². The van der Waals surface area contributed by atoms with Gasteiger partial charge in [0.2, 0.25) is 0 Å². The first kappa shape index (κ1) is 11.2. The molecule has 0 bridgehead atoms. The van der Waals surface area contributed by atoms with Crippen molar-refractivity contribution >= 4 is 44.6 Å². The molecule has 0 saturated heterocycles. The third-order valence-corrected chi connectivity index (χ3v) is 2.57. The SMILES string of the molecule is O=S=C(C(=O)Cl)c1ccc(Cl)cc1O. The second kappa shape index (κ2) is 4.59. The first-order chi connectivity index (χ1) is 6.56. The van der Waals surface area contributed by atoms with Crippen molar-refractivity contribution in [3.05, 3.63) is 28.8 Å². The number of rotatable bonds is 2. The highest BCUT2D eigenvalue weighted by molar-refractivity contribution is 7.70. The minimum Gasteiger partial charge on any atom is -0.507 e. The van der Waals surface area contributed by atoms with Crippen LogP contribution in [0.5, 0.6) is 5.75 Å². The smallest absolute Gasteiger partial charge is 0.266 e. The lowest BCUT2D eigenvalue weighted by molar-refractivity contribution is -0.106. The number of carbonyl (C=O) groups excluding carboxylic acids is 1. The molecule has 0 heterocycles. The Morgan fingerprint density at radius 2 is 2.07 bits per heavy atom. The highest BCUT2D eigenvalue weighted by Crippen LogP contribution is 2.22. The van der Waals surface area contributed by atoms with Crippen molar-refractivity contribution in [2.45, 2.75) is 0 Å². The fourth-order valence-electron chi connectivity index (χ4n) is 0.880. The van der Waals surface area contributed by atoms with Gasteiger partial charge >= 0.3 is 0 Å². The summed E-state index contributed by atoms with van der Waals surface area (Å²) < 4.78 is 10.5. The van der Waals surface area contributed by atoms with E-state index in [1.54, 1.807) is 0 Å². The van der Waals surface area contributed by atoms with Crippen molar-refractivity contribution in [1.29, 1.82) is 0 Å². The molecule has 0 spiro atoms. The predicted octanol–water partition coefficient (Wildman–Crippen LogP) is 1.54. The van der Waals surface area contributed by atoms with Crippen LogP contribution in [0.2, 0.25) is 5.02 Å². The third-order valence-electron chi connectivity index (χ3n) is 1.47. The topological polar surface area (TPSA) is 54.4 Å². The third kappa shape index (κ3) is 2.35. The van der Waals surface area contributed by atoms with Crippen molar-refractivity contribution in [3.63, 3.8) is 0 Å². The number of hydrogen-bond donors (Lipinski definition) is 1. The fourth-order valence-corrected chi connectivity index (χ4v) is 1.57. The Labute approximate surface area is 93.3 Å². The summed E-state index contributed by atoms with van der Waals surface area (Å²) in [6, 6.07) is 4.04. The number of phenolic OH excluding ortho intramolecular Hbond substituents is 1. The van der Waals surface area contributed by atoms with E-state index in [-0.39, 0.29) is 27.4 Å². The molecule has 14 heavy (non-hydrogen) atoms. The van der Waals surface area contributed by atoms with Crippen molar-refractivity contribution in [1.82, 2.24) is 0 Å². The lowest BCUT2D eigenvalue weighted by atomic mass is 10.1. The monoisotopic (exact) mass is 250 g/mol. The van der Waals surface area contributed by atoms with E-state index in [2.05, 4.69) is 0 Å². The van der Waals surface area contributed by atoms with Crippen molar-refractivity contribution in [2.24, 2.45) is 0 Å². The summed E-state index contributed by atoms with van der Waals surface area (Å²) in [6.45, 7) is 0. The van der Waals surface area contributed by atoms with E-state index in [0.717, 1.165) is 0 Å². The zero-order chi connectivity index (χ0) is 10.7. The molecule has 0 fully saturated rings. The average molecular weight is 251 g/mol. The van der Waals surface area contributed by atoms with Gasteiger partial charge in [-0.15, -0.1) is 0 Å². The summed E-state index contributed by atoms with van der Waals surface area (Å²) >= 11 is 10.7. The molecule has 0 amide bonds. The molecule has 0 unspecified atom stereocenters. The van der Waals surface area contributed by atoms with E-state index in [1.807, 2.05) is 0 Å². The second-order valence-electron chi connectivity index (χ2n) is 2.35. The molecule has 0 atom stereocenters. The molecule has 1 N–H and O–H groups in total. The molecule has 3 nitrogen and oxygen atoms in total. The molecule has 74 valence electrons. The summed E-state index contributed by atoms with van der Waals surface area (Å²) in [4.78, 5) is 10.5. The zero-order valence-corrected chi connectivity index (χ0v) is 8.99. The van der Waals surface area contributed by atoms with Gasteiger partial charge in [-0.1, -0.05) is 11.6 Å². The molecular weight excluding hydrogens is 247 g/mol. The Hall–Kier alpha value is -0.840. The van der Waals surface area contributed by atoms with Crippen molar-refractivity contribution in [2.75, 3.05) is 0 Å². The minimum atomic E-state index is -0.900. The quantitative estimate of drug-likeness (QED) is 0.492. The van der Waals surface area contributed by atoms with Gasteiger partial charge in [0, 0.05) is 10.6 Å². The first-order valence-electron chi connectivity index (χ1n) is 3.41. The summed E-state index contributed by atoms with van der Waals surface area (Å²) in [5.74, 6) is -0.246. The maximum absolute atomic E-state index is 10.8. The molecule has 1 rings (SSSR count). The molecule has 0 aromatic heterocycles. The van der Waals surface area contributed by atoms with Crippen LogP contribution in [-0.2, 0) is 16.1 Å². The Bertz CT molecular complexity index is 438. The van der Waals surface area contributed by atoms with Gasteiger partial charge in [-0.25, -0.2) is 4.21 Å². The number of aromatic hydroxyl groups is 1. The average Bonchev–Trinajstić information content (AvgIpc) is 2.09. The number of benzene rings is 1. The zero-order valence-electron chi connectivity index (χ0n) is 6.66. The Morgan fingerprint density at radius 3 is 2.50 bits per heavy atom. The molecule has 0 aliphatic carbocycles. The Kier molecular flexibility index (Phi) is 3.69. The van der Waals surface area contributed by atoms with Gasteiger partial charge in [0.25, 0.3) is 5.24 Å². The van der Waals surface area contributed by atoms with Crippen LogP contribution in [0.15, 0.2) is 18.2 Å². The molecule has 6 heteroatoms. The molecule has 0 aliphatic rings. The van der Waals surface area contributed by atoms with Crippen LogP contribution in [0, 0.1) is 0 Å². The maximum Gasteiger partial charge on any atom is 0.266 e. The van der Waals surface area contributed by atoms with Crippen LogP contribution >= 0.6 is 23.2 Å². The van der Waals surface area contributed by atoms with E-state index in [9.17, 15) is 14.1 Å². The van der Waals surface area contributed by atoms with Crippen LogP contribution in [0.1, 0.15) is 5.56 Å². The van der Waals surface area contributed by atoms with Gasteiger partial charge in [0.05, 0.1) is 0 Å². The lowest BCUT2D eigenvalue weighted by Gasteiger charge is -2.01. The van der Waals surface area contributed by atoms with Gasteiger partial charge in [-0.2, -0.15) is 0 Å². The molecule has 0 radical (unpaired) electrons. The minimum absolute atomic E-state index is 0.0668. The van der Waals surface area contributed by atoms with Crippen LogP contribution < -0.4 is 0 Å². The predicted molar refractivity (Wildman–Crippen MR) is 56.2 cm³/mol. The summed E-state index contributed by atoms with van der Waals surface area (Å²) in [6.07, 6.45) is 0. The van der Waals surface area contributed by atoms with Crippen molar-refractivity contribution in [3.8, 4) is 5.75 Å². The van der Waals surface area contributed by atoms with Gasteiger partial charge < -0.3 is 5.11 Å². The lowest BCUT2D eigenvalue weighted by Crippen LogP contribution is -2.09. The summed E-state index contributed by atoms with van der Waals surface area (Å²) in [5.41, 5.74) is 0.0920. The van der Waals surface area contributed by atoms with Gasteiger partial charge in [0.1, 0.15) is 21.9 Å². The number of halogens is 2. The van der Waals surface area contributed by atoms with Gasteiger partial charge in [-0.05, 0) is 29.8 Å². The Morgan fingerprint density at radius 1 is 1.43 bits per heavy atom. The van der Waals surface area contributed by atoms with Gasteiger partial charge in [0.15, 0.2) is 0 Å². The highest BCUT2D eigenvalue weighted by atomic mass is 35.5. The molecule has 0 saturated carbocycles. The van der Waals surface area contributed by atoms with Crippen molar-refractivity contribution < 1.29 is 14.1 Å². The Balaban J connectivity index is 3.33. The van der Waals surface area contributed by atoms with E-state index in [0.29, 0.717) is 5.02 Å². The summed E-state index contributed by atoms with van der Waals surface area (Å²) in [5, 5.41) is 8.78. The maximum atomic E-state index is 10.8. The second-order valence-corrected chi connectivity index (χ2v) is 3.70. The van der Waals surface area contributed by atoms with Gasteiger partial charge in [-0.3, -0.25) is 4.79 Å².